The molecule has 0 bridgehead atoms. The van der Waals surface area contributed by atoms with E-state index in [4.69, 9.17) is 17.3 Å². The van der Waals surface area contributed by atoms with E-state index >= 15 is 0 Å². The Hall–Kier alpha value is -0.530. The monoisotopic (exact) mass is 209 g/mol. The lowest BCUT2D eigenvalue weighted by atomic mass is 9.93. The van der Waals surface area contributed by atoms with Crippen molar-refractivity contribution in [1.82, 2.24) is 0 Å². The number of hydrogen-bond donors (Lipinski definition) is 1. The van der Waals surface area contributed by atoms with E-state index in [9.17, 15) is 0 Å². The van der Waals surface area contributed by atoms with Crippen molar-refractivity contribution < 1.29 is 0 Å². The van der Waals surface area contributed by atoms with Crippen LogP contribution in [0.4, 0.5) is 0 Å². The summed E-state index contributed by atoms with van der Waals surface area (Å²) in [5.41, 5.74) is 7.40. The highest BCUT2D eigenvalue weighted by Gasteiger charge is 2.22. The Morgan fingerprint density at radius 2 is 2.00 bits per heavy atom. The molecular formula is C12H16ClN. The molecule has 1 saturated carbocycles. The maximum atomic E-state index is 6.21. The second-order valence-corrected chi connectivity index (χ2v) is 4.56. The van der Waals surface area contributed by atoms with Gasteiger partial charge in [0.2, 0.25) is 0 Å². The van der Waals surface area contributed by atoms with E-state index in [1.54, 1.807) is 0 Å². The third kappa shape index (κ3) is 2.10. The van der Waals surface area contributed by atoms with Crippen LogP contribution < -0.4 is 5.73 Å². The highest BCUT2D eigenvalue weighted by Crippen LogP contribution is 2.34. The van der Waals surface area contributed by atoms with E-state index in [-0.39, 0.29) is 6.04 Å². The minimum absolute atomic E-state index is 0.177. The molecule has 1 nitrogen and oxygen atoms in total. The van der Waals surface area contributed by atoms with E-state index in [2.05, 4.69) is 6.07 Å². The standard InChI is InChI=1S/C12H16ClN/c13-11-7-3-6-10(8-11)12(14)9-4-1-2-5-9/h3,6-9,12H,1-2,4-5,14H2/t12-/m1/s1. The molecule has 0 unspecified atom stereocenters. The zero-order chi connectivity index (χ0) is 9.97. The van der Waals surface area contributed by atoms with Gasteiger partial charge in [-0.2, -0.15) is 0 Å². The second kappa shape index (κ2) is 4.33. The van der Waals surface area contributed by atoms with E-state index in [1.807, 2.05) is 18.2 Å². The Balaban J connectivity index is 2.13. The van der Waals surface area contributed by atoms with Gasteiger partial charge in [-0.15, -0.1) is 0 Å². The van der Waals surface area contributed by atoms with Crippen molar-refractivity contribution >= 4 is 11.6 Å². The van der Waals surface area contributed by atoms with E-state index < -0.39 is 0 Å². The van der Waals surface area contributed by atoms with Crippen molar-refractivity contribution in [1.29, 1.82) is 0 Å². The van der Waals surface area contributed by atoms with Gasteiger partial charge in [0, 0.05) is 11.1 Å². The molecule has 1 aliphatic carbocycles. The fraction of sp³-hybridized carbons (Fsp3) is 0.500. The molecule has 0 radical (unpaired) electrons. The van der Waals surface area contributed by atoms with Crippen molar-refractivity contribution in [2.45, 2.75) is 31.7 Å². The van der Waals surface area contributed by atoms with Crippen LogP contribution in [0.15, 0.2) is 24.3 Å². The molecule has 0 amide bonds. The molecule has 2 rings (SSSR count). The van der Waals surface area contributed by atoms with Gasteiger partial charge in [-0.3, -0.25) is 0 Å². The molecule has 1 atom stereocenters. The fourth-order valence-corrected chi connectivity index (χ4v) is 2.50. The minimum Gasteiger partial charge on any atom is -0.324 e. The van der Waals surface area contributed by atoms with Gasteiger partial charge in [0.05, 0.1) is 0 Å². The fourth-order valence-electron chi connectivity index (χ4n) is 2.30. The van der Waals surface area contributed by atoms with Crippen LogP contribution in [0.25, 0.3) is 0 Å². The SMILES string of the molecule is N[C@@H](c1cccc(Cl)c1)C1CCCC1. The van der Waals surface area contributed by atoms with Gasteiger partial charge >= 0.3 is 0 Å². The van der Waals surface area contributed by atoms with Crippen LogP contribution in [0.3, 0.4) is 0 Å². The van der Waals surface area contributed by atoms with Crippen LogP contribution in [0.2, 0.25) is 5.02 Å². The lowest BCUT2D eigenvalue weighted by molar-refractivity contribution is 0.445. The maximum absolute atomic E-state index is 6.21. The van der Waals surface area contributed by atoms with Gasteiger partial charge in [-0.05, 0) is 36.5 Å². The number of hydrogen-bond acceptors (Lipinski definition) is 1. The summed E-state index contributed by atoms with van der Waals surface area (Å²) < 4.78 is 0. The number of nitrogens with two attached hydrogens (primary N) is 1. The van der Waals surface area contributed by atoms with Crippen LogP contribution in [0, 0.1) is 5.92 Å². The summed E-state index contributed by atoms with van der Waals surface area (Å²) in [6.07, 6.45) is 5.21. The van der Waals surface area contributed by atoms with Gasteiger partial charge in [0.15, 0.2) is 0 Å². The van der Waals surface area contributed by atoms with Crippen molar-refractivity contribution in [2.24, 2.45) is 11.7 Å². The van der Waals surface area contributed by atoms with Crippen molar-refractivity contribution in [3.8, 4) is 0 Å². The van der Waals surface area contributed by atoms with E-state index in [1.165, 1.54) is 31.2 Å². The van der Waals surface area contributed by atoms with Gasteiger partial charge in [0.1, 0.15) is 0 Å². The molecule has 1 aromatic rings. The molecule has 0 saturated heterocycles. The number of rotatable bonds is 2. The highest BCUT2D eigenvalue weighted by molar-refractivity contribution is 6.30. The number of benzene rings is 1. The van der Waals surface area contributed by atoms with Gasteiger partial charge in [0.25, 0.3) is 0 Å². The van der Waals surface area contributed by atoms with Crippen molar-refractivity contribution in [3.63, 3.8) is 0 Å². The van der Waals surface area contributed by atoms with Gasteiger partial charge in [-0.25, -0.2) is 0 Å². The van der Waals surface area contributed by atoms with Crippen LogP contribution in [0.5, 0.6) is 0 Å². The summed E-state index contributed by atoms with van der Waals surface area (Å²) >= 11 is 5.94. The first kappa shape index (κ1) is 10.0. The molecule has 0 aliphatic heterocycles. The van der Waals surface area contributed by atoms with Crippen LogP contribution in [0.1, 0.15) is 37.3 Å². The molecular weight excluding hydrogens is 194 g/mol. The first-order valence-electron chi connectivity index (χ1n) is 5.28. The summed E-state index contributed by atoms with van der Waals surface area (Å²) in [5, 5.41) is 0.788. The average Bonchev–Trinajstić information content (AvgIpc) is 2.69. The molecule has 2 heteroatoms. The Bertz CT molecular complexity index is 305. The lowest BCUT2D eigenvalue weighted by Gasteiger charge is -2.19. The highest BCUT2D eigenvalue weighted by atomic mass is 35.5. The predicted molar refractivity (Wildman–Crippen MR) is 60.3 cm³/mol. The summed E-state index contributed by atoms with van der Waals surface area (Å²) in [4.78, 5) is 0. The third-order valence-electron chi connectivity index (χ3n) is 3.14. The number of halogens is 1. The molecule has 2 N–H and O–H groups in total. The Morgan fingerprint density at radius 1 is 1.29 bits per heavy atom. The zero-order valence-electron chi connectivity index (χ0n) is 8.25. The molecule has 76 valence electrons. The van der Waals surface area contributed by atoms with Gasteiger partial charge in [-0.1, -0.05) is 36.6 Å². The normalized spacial score (nSPS) is 19.9. The molecule has 1 fully saturated rings. The van der Waals surface area contributed by atoms with Crippen LogP contribution in [-0.4, -0.2) is 0 Å². The molecule has 1 aliphatic rings. The summed E-state index contributed by atoms with van der Waals surface area (Å²) in [6, 6.07) is 8.12. The molecule has 0 heterocycles. The average molecular weight is 210 g/mol. The summed E-state index contributed by atoms with van der Waals surface area (Å²) in [6.45, 7) is 0. The van der Waals surface area contributed by atoms with Gasteiger partial charge < -0.3 is 5.73 Å². The Labute approximate surface area is 90.3 Å². The quantitative estimate of drug-likeness (QED) is 0.793. The van der Waals surface area contributed by atoms with Crippen LogP contribution in [-0.2, 0) is 0 Å². The summed E-state index contributed by atoms with van der Waals surface area (Å²) in [7, 11) is 0. The van der Waals surface area contributed by atoms with Crippen LogP contribution >= 0.6 is 11.6 Å². The van der Waals surface area contributed by atoms with Crippen molar-refractivity contribution in [2.75, 3.05) is 0 Å². The molecule has 1 aromatic carbocycles. The smallest absolute Gasteiger partial charge is 0.0409 e. The zero-order valence-corrected chi connectivity index (χ0v) is 9.00. The third-order valence-corrected chi connectivity index (χ3v) is 3.38. The Kier molecular flexibility index (Phi) is 3.09. The Morgan fingerprint density at radius 3 is 2.64 bits per heavy atom. The predicted octanol–water partition coefficient (Wildman–Crippen LogP) is 3.53. The first-order valence-corrected chi connectivity index (χ1v) is 5.66. The first-order chi connectivity index (χ1) is 6.77. The maximum Gasteiger partial charge on any atom is 0.0409 e. The van der Waals surface area contributed by atoms with Crippen molar-refractivity contribution in [3.05, 3.63) is 34.9 Å². The largest absolute Gasteiger partial charge is 0.324 e. The second-order valence-electron chi connectivity index (χ2n) is 4.13. The molecule has 0 spiro atoms. The minimum atomic E-state index is 0.177. The topological polar surface area (TPSA) is 26.0 Å². The van der Waals surface area contributed by atoms with E-state index in [0.717, 1.165) is 5.02 Å². The molecule has 0 aromatic heterocycles. The lowest BCUT2D eigenvalue weighted by Crippen LogP contribution is -2.18. The van der Waals surface area contributed by atoms with E-state index in [0.29, 0.717) is 5.92 Å². The molecule has 14 heavy (non-hydrogen) atoms. The summed E-state index contributed by atoms with van der Waals surface area (Å²) in [5.74, 6) is 0.661.